The largest absolute Gasteiger partial charge is 0.508 e. The Hall–Kier alpha value is -3.06. The summed E-state index contributed by atoms with van der Waals surface area (Å²) in [5.74, 6) is 0.0656. The van der Waals surface area contributed by atoms with Crippen LogP contribution in [0.15, 0.2) is 35.1 Å². The number of nitrogens with one attached hydrogen (secondary N) is 3. The average molecular weight is 368 g/mol. The summed E-state index contributed by atoms with van der Waals surface area (Å²) in [5.41, 5.74) is 2.11. The van der Waals surface area contributed by atoms with E-state index in [2.05, 4.69) is 34.4 Å². The molecule has 1 amide bonds. The molecule has 7 heteroatoms. The number of anilines is 2. The minimum Gasteiger partial charge on any atom is -0.508 e. The molecular weight excluding hydrogens is 344 g/mol. The third kappa shape index (κ3) is 3.73. The summed E-state index contributed by atoms with van der Waals surface area (Å²) in [6.45, 7) is 7.73. The van der Waals surface area contributed by atoms with E-state index in [1.54, 1.807) is 18.2 Å². The quantitative estimate of drug-likeness (QED) is 0.362. The van der Waals surface area contributed by atoms with E-state index in [-0.39, 0.29) is 11.2 Å². The minimum atomic E-state index is -0.154. The first kappa shape index (κ1) is 18.7. The Balaban J connectivity index is 2.11. The molecule has 1 heterocycles. The SMILES string of the molecule is CCN(CC)CCNc1ccc(NC=O)c2[nH]c3cc(O)ccc3c(=O)c12. The molecule has 2 aromatic carbocycles. The fourth-order valence-corrected chi connectivity index (χ4v) is 3.29. The first-order chi connectivity index (χ1) is 13.1. The van der Waals surface area contributed by atoms with Crippen LogP contribution in [0.2, 0.25) is 0 Å². The number of carbonyl (C=O) groups is 1. The van der Waals surface area contributed by atoms with Crippen LogP contribution in [0.1, 0.15) is 13.8 Å². The monoisotopic (exact) mass is 368 g/mol. The zero-order valence-corrected chi connectivity index (χ0v) is 15.5. The van der Waals surface area contributed by atoms with Gasteiger partial charge in [0.2, 0.25) is 6.41 Å². The summed E-state index contributed by atoms with van der Waals surface area (Å²) >= 11 is 0. The van der Waals surface area contributed by atoms with Crippen LogP contribution in [0.3, 0.4) is 0 Å². The highest BCUT2D eigenvalue weighted by molar-refractivity contribution is 6.06. The molecule has 0 saturated heterocycles. The number of likely N-dealkylation sites (N-methyl/N-ethyl adjacent to an activating group) is 1. The number of aromatic hydroxyl groups is 1. The van der Waals surface area contributed by atoms with Gasteiger partial charge in [-0.15, -0.1) is 0 Å². The van der Waals surface area contributed by atoms with Gasteiger partial charge in [-0.25, -0.2) is 0 Å². The van der Waals surface area contributed by atoms with Crippen molar-refractivity contribution in [2.24, 2.45) is 0 Å². The second kappa shape index (κ2) is 8.09. The predicted octanol–water partition coefficient (Wildman–Crippen LogP) is 2.71. The number of pyridine rings is 1. The normalized spacial score (nSPS) is 11.2. The number of aromatic amines is 1. The van der Waals surface area contributed by atoms with E-state index in [1.165, 1.54) is 12.1 Å². The van der Waals surface area contributed by atoms with E-state index in [9.17, 15) is 14.7 Å². The van der Waals surface area contributed by atoms with Gasteiger partial charge < -0.3 is 25.6 Å². The molecule has 0 radical (unpaired) electrons. The summed E-state index contributed by atoms with van der Waals surface area (Å²) in [6, 6.07) is 8.15. The lowest BCUT2D eigenvalue weighted by Gasteiger charge is -2.19. The van der Waals surface area contributed by atoms with Gasteiger partial charge in [-0.1, -0.05) is 13.8 Å². The smallest absolute Gasteiger partial charge is 0.211 e. The zero-order valence-electron chi connectivity index (χ0n) is 15.5. The van der Waals surface area contributed by atoms with E-state index >= 15 is 0 Å². The number of hydrogen-bond acceptors (Lipinski definition) is 5. The van der Waals surface area contributed by atoms with E-state index in [0.717, 1.165) is 19.6 Å². The van der Waals surface area contributed by atoms with Crippen LogP contribution < -0.4 is 16.1 Å². The number of phenolic OH excluding ortho intramolecular Hbond substituents is 1. The molecule has 27 heavy (non-hydrogen) atoms. The van der Waals surface area contributed by atoms with Gasteiger partial charge >= 0.3 is 0 Å². The molecule has 142 valence electrons. The van der Waals surface area contributed by atoms with Crippen LogP contribution in [-0.4, -0.2) is 47.6 Å². The summed E-state index contributed by atoms with van der Waals surface area (Å²) in [6.07, 6.45) is 0.577. The van der Waals surface area contributed by atoms with Crippen molar-refractivity contribution in [3.8, 4) is 5.75 Å². The van der Waals surface area contributed by atoms with Gasteiger partial charge in [-0.05, 0) is 37.4 Å². The number of amides is 1. The molecule has 0 spiro atoms. The molecule has 7 nitrogen and oxygen atoms in total. The summed E-state index contributed by atoms with van der Waals surface area (Å²) in [4.78, 5) is 29.5. The van der Waals surface area contributed by atoms with Crippen molar-refractivity contribution < 1.29 is 9.90 Å². The molecule has 4 N–H and O–H groups in total. The lowest BCUT2D eigenvalue weighted by molar-refractivity contribution is -0.105. The number of phenols is 1. The lowest BCUT2D eigenvalue weighted by atomic mass is 10.1. The molecule has 0 unspecified atom stereocenters. The Morgan fingerprint density at radius 2 is 1.89 bits per heavy atom. The van der Waals surface area contributed by atoms with Crippen LogP contribution >= 0.6 is 0 Å². The maximum Gasteiger partial charge on any atom is 0.211 e. The zero-order chi connectivity index (χ0) is 19.4. The van der Waals surface area contributed by atoms with Crippen LogP contribution in [0, 0.1) is 0 Å². The second-order valence-corrected chi connectivity index (χ2v) is 6.31. The van der Waals surface area contributed by atoms with E-state index in [0.29, 0.717) is 46.1 Å². The lowest BCUT2D eigenvalue weighted by Crippen LogP contribution is -2.28. The molecule has 0 aliphatic carbocycles. The fraction of sp³-hybridized carbons (Fsp3) is 0.300. The number of carbonyl (C=O) groups excluding carboxylic acids is 1. The second-order valence-electron chi connectivity index (χ2n) is 6.31. The van der Waals surface area contributed by atoms with Crippen LogP contribution in [-0.2, 0) is 4.79 Å². The van der Waals surface area contributed by atoms with Crippen molar-refractivity contribution in [2.75, 3.05) is 36.8 Å². The van der Waals surface area contributed by atoms with Crippen molar-refractivity contribution >= 4 is 39.6 Å². The molecule has 0 aliphatic heterocycles. The maximum atomic E-state index is 13.1. The standard InChI is InChI=1S/C20H24N4O3/c1-3-24(4-2)10-9-21-15-7-8-16(22-12-25)19-18(15)20(27)14-6-5-13(26)11-17(14)23-19/h5-8,11-12,21,26H,3-4,9-10H2,1-2H3,(H,22,25)(H,23,27). The number of rotatable bonds is 8. The van der Waals surface area contributed by atoms with Crippen molar-refractivity contribution in [1.82, 2.24) is 9.88 Å². The van der Waals surface area contributed by atoms with Gasteiger partial charge in [-0.3, -0.25) is 9.59 Å². The van der Waals surface area contributed by atoms with Gasteiger partial charge in [0, 0.05) is 30.2 Å². The molecular formula is C20H24N4O3. The molecule has 0 aliphatic rings. The van der Waals surface area contributed by atoms with Gasteiger partial charge in [0.1, 0.15) is 5.75 Å². The van der Waals surface area contributed by atoms with Crippen LogP contribution in [0.4, 0.5) is 11.4 Å². The first-order valence-corrected chi connectivity index (χ1v) is 9.07. The van der Waals surface area contributed by atoms with E-state index in [1.807, 2.05) is 0 Å². The van der Waals surface area contributed by atoms with Crippen LogP contribution in [0.5, 0.6) is 5.75 Å². The average Bonchev–Trinajstić information content (AvgIpc) is 2.66. The molecule has 0 saturated carbocycles. The highest BCUT2D eigenvalue weighted by atomic mass is 16.3. The van der Waals surface area contributed by atoms with Crippen molar-refractivity contribution in [3.63, 3.8) is 0 Å². The Morgan fingerprint density at radius 3 is 2.59 bits per heavy atom. The number of fused-ring (bicyclic) bond motifs is 2. The minimum absolute atomic E-state index is 0.0656. The Morgan fingerprint density at radius 1 is 1.15 bits per heavy atom. The molecule has 3 aromatic rings. The number of benzene rings is 2. The molecule has 1 aromatic heterocycles. The molecule has 0 atom stereocenters. The van der Waals surface area contributed by atoms with E-state index in [4.69, 9.17) is 0 Å². The predicted molar refractivity (Wildman–Crippen MR) is 110 cm³/mol. The highest BCUT2D eigenvalue weighted by Crippen LogP contribution is 2.29. The number of hydrogen-bond donors (Lipinski definition) is 4. The molecule has 0 bridgehead atoms. The summed E-state index contributed by atoms with van der Waals surface area (Å²) in [7, 11) is 0. The van der Waals surface area contributed by atoms with Crippen molar-refractivity contribution in [1.29, 1.82) is 0 Å². The summed E-state index contributed by atoms with van der Waals surface area (Å²) in [5, 5.41) is 16.7. The first-order valence-electron chi connectivity index (χ1n) is 9.07. The Bertz CT molecular complexity index is 1030. The number of aromatic nitrogens is 1. The van der Waals surface area contributed by atoms with Crippen molar-refractivity contribution in [2.45, 2.75) is 13.8 Å². The Labute approximate surface area is 157 Å². The Kier molecular flexibility index (Phi) is 5.61. The van der Waals surface area contributed by atoms with Gasteiger partial charge in [0.15, 0.2) is 5.43 Å². The fourth-order valence-electron chi connectivity index (χ4n) is 3.29. The topological polar surface area (TPSA) is 97.5 Å². The van der Waals surface area contributed by atoms with Crippen molar-refractivity contribution in [3.05, 3.63) is 40.6 Å². The van der Waals surface area contributed by atoms with Gasteiger partial charge in [0.25, 0.3) is 0 Å². The maximum absolute atomic E-state index is 13.1. The van der Waals surface area contributed by atoms with Gasteiger partial charge in [0.05, 0.1) is 22.1 Å². The number of H-pyrrole nitrogens is 1. The number of nitrogens with zero attached hydrogens (tertiary/aromatic N) is 1. The van der Waals surface area contributed by atoms with Gasteiger partial charge in [-0.2, -0.15) is 0 Å². The molecule has 0 fully saturated rings. The van der Waals surface area contributed by atoms with Crippen LogP contribution in [0.25, 0.3) is 21.8 Å². The van der Waals surface area contributed by atoms with E-state index < -0.39 is 0 Å². The summed E-state index contributed by atoms with van der Waals surface area (Å²) < 4.78 is 0. The highest BCUT2D eigenvalue weighted by Gasteiger charge is 2.13. The third-order valence-electron chi connectivity index (χ3n) is 4.79. The third-order valence-corrected chi connectivity index (χ3v) is 4.79. The molecule has 3 rings (SSSR count).